The monoisotopic (exact) mass is 346 g/mol. The SMILES string of the molecule is Cc1cc(N(C)Cc2ccc(Br)cc2)ccc1CC(C)N. The van der Waals surface area contributed by atoms with E-state index in [1.165, 1.54) is 22.4 Å². The molecule has 0 aliphatic heterocycles. The van der Waals surface area contributed by atoms with Gasteiger partial charge in [0.1, 0.15) is 0 Å². The van der Waals surface area contributed by atoms with Gasteiger partial charge in [-0.05, 0) is 61.2 Å². The fourth-order valence-electron chi connectivity index (χ4n) is 2.45. The predicted molar refractivity (Wildman–Crippen MR) is 94.8 cm³/mol. The van der Waals surface area contributed by atoms with Crippen molar-refractivity contribution >= 4 is 21.6 Å². The van der Waals surface area contributed by atoms with Crippen LogP contribution in [0.5, 0.6) is 0 Å². The van der Waals surface area contributed by atoms with Crippen LogP contribution in [0, 0.1) is 6.92 Å². The van der Waals surface area contributed by atoms with Crippen LogP contribution in [0.2, 0.25) is 0 Å². The lowest BCUT2D eigenvalue weighted by molar-refractivity contribution is 0.734. The largest absolute Gasteiger partial charge is 0.370 e. The average molecular weight is 347 g/mol. The zero-order valence-electron chi connectivity index (χ0n) is 12.9. The van der Waals surface area contributed by atoms with Gasteiger partial charge in [-0.2, -0.15) is 0 Å². The minimum Gasteiger partial charge on any atom is -0.370 e. The van der Waals surface area contributed by atoms with Gasteiger partial charge in [0.25, 0.3) is 0 Å². The van der Waals surface area contributed by atoms with E-state index in [4.69, 9.17) is 5.73 Å². The van der Waals surface area contributed by atoms with E-state index in [-0.39, 0.29) is 6.04 Å². The molecule has 0 amide bonds. The summed E-state index contributed by atoms with van der Waals surface area (Å²) in [6.07, 6.45) is 0.933. The number of hydrogen-bond acceptors (Lipinski definition) is 2. The second-order valence-corrected chi connectivity index (χ2v) is 6.69. The summed E-state index contributed by atoms with van der Waals surface area (Å²) in [6.45, 7) is 5.11. The van der Waals surface area contributed by atoms with E-state index in [0.717, 1.165) is 17.4 Å². The Morgan fingerprint density at radius 2 is 1.81 bits per heavy atom. The first-order valence-corrected chi connectivity index (χ1v) is 8.05. The van der Waals surface area contributed by atoms with Crippen LogP contribution < -0.4 is 10.6 Å². The summed E-state index contributed by atoms with van der Waals surface area (Å²) < 4.78 is 1.12. The zero-order valence-corrected chi connectivity index (χ0v) is 14.5. The van der Waals surface area contributed by atoms with E-state index in [0.29, 0.717) is 0 Å². The third-order valence-corrected chi connectivity index (χ3v) is 4.17. The molecule has 0 aliphatic rings. The maximum Gasteiger partial charge on any atom is 0.0426 e. The third-order valence-electron chi connectivity index (χ3n) is 3.64. The van der Waals surface area contributed by atoms with Gasteiger partial charge in [-0.15, -0.1) is 0 Å². The van der Waals surface area contributed by atoms with Crippen LogP contribution in [0.1, 0.15) is 23.6 Å². The molecule has 0 fully saturated rings. The molecule has 112 valence electrons. The number of nitrogens with two attached hydrogens (primary N) is 1. The van der Waals surface area contributed by atoms with Crippen LogP contribution in [0.3, 0.4) is 0 Å². The summed E-state index contributed by atoms with van der Waals surface area (Å²) in [5, 5.41) is 0. The van der Waals surface area contributed by atoms with Crippen molar-refractivity contribution < 1.29 is 0 Å². The number of hydrogen-bond donors (Lipinski definition) is 1. The summed E-state index contributed by atoms with van der Waals surface area (Å²) in [7, 11) is 2.13. The summed E-state index contributed by atoms with van der Waals surface area (Å²) >= 11 is 3.47. The quantitative estimate of drug-likeness (QED) is 0.875. The molecule has 2 aromatic carbocycles. The molecule has 0 aliphatic carbocycles. The number of halogens is 1. The highest BCUT2D eigenvalue weighted by atomic mass is 79.9. The molecule has 2 N–H and O–H groups in total. The molecule has 1 unspecified atom stereocenters. The van der Waals surface area contributed by atoms with Crippen molar-refractivity contribution in [3.05, 3.63) is 63.6 Å². The van der Waals surface area contributed by atoms with E-state index in [9.17, 15) is 0 Å². The second-order valence-electron chi connectivity index (χ2n) is 5.77. The topological polar surface area (TPSA) is 29.3 Å². The van der Waals surface area contributed by atoms with E-state index in [1.54, 1.807) is 0 Å². The minimum absolute atomic E-state index is 0.204. The van der Waals surface area contributed by atoms with Crippen molar-refractivity contribution in [3.8, 4) is 0 Å². The maximum atomic E-state index is 5.89. The Balaban J connectivity index is 2.10. The Labute approximate surface area is 136 Å². The first-order chi connectivity index (χ1) is 9.95. The van der Waals surface area contributed by atoms with Gasteiger partial charge in [0.05, 0.1) is 0 Å². The summed E-state index contributed by atoms with van der Waals surface area (Å²) in [5.41, 5.74) is 11.1. The van der Waals surface area contributed by atoms with Crippen LogP contribution in [0.15, 0.2) is 46.9 Å². The Kier molecular flexibility index (Phi) is 5.43. The molecule has 0 spiro atoms. The Hall–Kier alpha value is -1.32. The second kappa shape index (κ2) is 7.10. The van der Waals surface area contributed by atoms with E-state index >= 15 is 0 Å². The smallest absolute Gasteiger partial charge is 0.0426 e. The molecule has 0 aromatic heterocycles. The Morgan fingerprint density at radius 3 is 2.38 bits per heavy atom. The highest BCUT2D eigenvalue weighted by molar-refractivity contribution is 9.10. The van der Waals surface area contributed by atoms with Gasteiger partial charge in [-0.1, -0.05) is 34.1 Å². The molecule has 21 heavy (non-hydrogen) atoms. The van der Waals surface area contributed by atoms with E-state index in [2.05, 4.69) is 77.3 Å². The number of benzene rings is 2. The van der Waals surface area contributed by atoms with E-state index in [1.807, 2.05) is 6.92 Å². The third kappa shape index (κ3) is 4.58. The molecule has 2 nitrogen and oxygen atoms in total. The lowest BCUT2D eigenvalue weighted by Crippen LogP contribution is -2.19. The molecule has 0 bridgehead atoms. The highest BCUT2D eigenvalue weighted by Crippen LogP contribution is 2.21. The predicted octanol–water partition coefficient (Wildman–Crippen LogP) is 4.28. The Bertz CT molecular complexity index is 591. The number of aryl methyl sites for hydroxylation is 1. The van der Waals surface area contributed by atoms with Crippen molar-refractivity contribution in [2.24, 2.45) is 5.73 Å². The zero-order chi connectivity index (χ0) is 15.4. The molecule has 2 aromatic rings. The van der Waals surface area contributed by atoms with Gasteiger partial charge in [0, 0.05) is 29.8 Å². The summed E-state index contributed by atoms with van der Waals surface area (Å²) in [4.78, 5) is 2.27. The molecular weight excluding hydrogens is 324 g/mol. The fourth-order valence-corrected chi connectivity index (χ4v) is 2.71. The molecule has 3 heteroatoms. The Morgan fingerprint density at radius 1 is 1.14 bits per heavy atom. The molecule has 0 heterocycles. The summed E-state index contributed by atoms with van der Waals surface area (Å²) in [6, 6.07) is 15.3. The van der Waals surface area contributed by atoms with Crippen LogP contribution in [-0.2, 0) is 13.0 Å². The van der Waals surface area contributed by atoms with Crippen molar-refractivity contribution in [3.63, 3.8) is 0 Å². The van der Waals surface area contributed by atoms with Crippen LogP contribution in [0.25, 0.3) is 0 Å². The van der Waals surface area contributed by atoms with Crippen molar-refractivity contribution in [2.75, 3.05) is 11.9 Å². The molecular formula is C18H23BrN2. The lowest BCUT2D eigenvalue weighted by Gasteiger charge is -2.21. The van der Waals surface area contributed by atoms with Gasteiger partial charge < -0.3 is 10.6 Å². The van der Waals surface area contributed by atoms with Gasteiger partial charge in [0.15, 0.2) is 0 Å². The number of anilines is 1. The number of rotatable bonds is 5. The lowest BCUT2D eigenvalue weighted by atomic mass is 10.0. The molecule has 0 saturated heterocycles. The molecule has 0 saturated carbocycles. The summed E-state index contributed by atoms with van der Waals surface area (Å²) in [5.74, 6) is 0. The van der Waals surface area contributed by atoms with Gasteiger partial charge >= 0.3 is 0 Å². The molecule has 1 atom stereocenters. The van der Waals surface area contributed by atoms with Crippen LogP contribution >= 0.6 is 15.9 Å². The van der Waals surface area contributed by atoms with Crippen molar-refractivity contribution in [1.82, 2.24) is 0 Å². The standard InChI is InChI=1S/C18H23BrN2/c1-13-10-18(9-6-16(13)11-14(2)20)21(3)12-15-4-7-17(19)8-5-15/h4-10,14H,11-12,20H2,1-3H3. The van der Waals surface area contributed by atoms with E-state index < -0.39 is 0 Å². The van der Waals surface area contributed by atoms with Gasteiger partial charge in [-0.3, -0.25) is 0 Å². The van der Waals surface area contributed by atoms with Crippen LogP contribution in [-0.4, -0.2) is 13.1 Å². The average Bonchev–Trinajstić information content (AvgIpc) is 2.43. The number of nitrogens with zero attached hydrogens (tertiary/aromatic N) is 1. The fraction of sp³-hybridized carbons (Fsp3) is 0.333. The first-order valence-electron chi connectivity index (χ1n) is 7.26. The van der Waals surface area contributed by atoms with Crippen LogP contribution in [0.4, 0.5) is 5.69 Å². The first kappa shape index (κ1) is 16.1. The van der Waals surface area contributed by atoms with Crippen molar-refractivity contribution in [2.45, 2.75) is 32.9 Å². The highest BCUT2D eigenvalue weighted by Gasteiger charge is 2.06. The van der Waals surface area contributed by atoms with Crippen molar-refractivity contribution in [1.29, 1.82) is 0 Å². The normalized spacial score (nSPS) is 12.2. The van der Waals surface area contributed by atoms with Gasteiger partial charge in [0.2, 0.25) is 0 Å². The minimum atomic E-state index is 0.204. The molecule has 2 rings (SSSR count). The maximum absolute atomic E-state index is 5.89. The van der Waals surface area contributed by atoms with Gasteiger partial charge in [-0.25, -0.2) is 0 Å². The molecule has 0 radical (unpaired) electrons.